The minimum Gasteiger partial charge on any atom is -0.426 e. The second-order valence-electron chi connectivity index (χ2n) is 8.75. The van der Waals surface area contributed by atoms with Gasteiger partial charge in [-0.25, -0.2) is 8.42 Å². The Morgan fingerprint density at radius 2 is 1.70 bits per heavy atom. The van der Waals surface area contributed by atoms with Gasteiger partial charge in [-0.3, -0.25) is 4.79 Å². The van der Waals surface area contributed by atoms with Gasteiger partial charge in [-0.05, 0) is 67.6 Å². The van der Waals surface area contributed by atoms with Gasteiger partial charge in [0, 0.05) is 45.0 Å². The summed E-state index contributed by atoms with van der Waals surface area (Å²) in [6.07, 6.45) is 3.07. The lowest BCUT2D eigenvalue weighted by Gasteiger charge is -2.26. The van der Waals surface area contributed by atoms with Crippen LogP contribution in [0.2, 0.25) is 0 Å². The van der Waals surface area contributed by atoms with E-state index >= 15 is 0 Å². The first-order chi connectivity index (χ1) is 15.9. The molecule has 1 N–H and O–H groups in total. The molecule has 4 rings (SSSR count). The van der Waals surface area contributed by atoms with Gasteiger partial charge in [0.1, 0.15) is 5.75 Å². The maximum absolute atomic E-state index is 13.0. The standard InChI is InChI=1S/C25H33N3O4S/c1-3-23(20-6-8-21(9-7-20)27-14-4-5-15-27)25(29)32-24-11-10-22(18-19(24)2)33(30,31)28-16-12-26-13-17-28/h6-11,18,23,26H,3-5,12-17H2,1-2H3. The van der Waals surface area contributed by atoms with Crippen LogP contribution in [-0.4, -0.2) is 58.0 Å². The van der Waals surface area contributed by atoms with Crippen LogP contribution in [0.25, 0.3) is 0 Å². The zero-order valence-corrected chi connectivity index (χ0v) is 20.2. The molecule has 8 heteroatoms. The average Bonchev–Trinajstić information content (AvgIpc) is 3.37. The van der Waals surface area contributed by atoms with Crippen molar-refractivity contribution in [3.8, 4) is 5.75 Å². The molecule has 1 unspecified atom stereocenters. The van der Waals surface area contributed by atoms with Crippen LogP contribution in [0.1, 0.15) is 43.2 Å². The number of carbonyl (C=O) groups excluding carboxylic acids is 1. The quantitative estimate of drug-likeness (QED) is 0.493. The maximum Gasteiger partial charge on any atom is 0.318 e. The number of piperazine rings is 1. The van der Waals surface area contributed by atoms with Crippen molar-refractivity contribution in [2.75, 3.05) is 44.2 Å². The first kappa shape index (κ1) is 23.7. The number of benzene rings is 2. The Kier molecular flexibility index (Phi) is 7.36. The molecule has 0 saturated carbocycles. The number of nitrogens with zero attached hydrogens (tertiary/aromatic N) is 2. The van der Waals surface area contributed by atoms with E-state index in [1.165, 1.54) is 28.9 Å². The van der Waals surface area contributed by atoms with E-state index in [1.807, 2.05) is 19.1 Å². The highest BCUT2D eigenvalue weighted by molar-refractivity contribution is 7.89. The number of esters is 1. The fourth-order valence-electron chi connectivity index (χ4n) is 4.54. The van der Waals surface area contributed by atoms with Gasteiger partial charge in [-0.1, -0.05) is 19.1 Å². The molecule has 2 aliphatic heterocycles. The van der Waals surface area contributed by atoms with Crippen molar-refractivity contribution in [1.82, 2.24) is 9.62 Å². The Morgan fingerprint density at radius 3 is 2.30 bits per heavy atom. The lowest BCUT2D eigenvalue weighted by molar-refractivity contribution is -0.136. The molecule has 178 valence electrons. The molecule has 2 heterocycles. The number of anilines is 1. The minimum atomic E-state index is -3.56. The smallest absolute Gasteiger partial charge is 0.318 e. The number of hydrogen-bond acceptors (Lipinski definition) is 6. The summed E-state index contributed by atoms with van der Waals surface area (Å²) in [4.78, 5) is 15.6. The zero-order chi connectivity index (χ0) is 23.4. The summed E-state index contributed by atoms with van der Waals surface area (Å²) < 4.78 is 33.1. The lowest BCUT2D eigenvalue weighted by atomic mass is 9.96. The molecular formula is C25H33N3O4S. The first-order valence-corrected chi connectivity index (χ1v) is 13.2. The lowest BCUT2D eigenvalue weighted by Crippen LogP contribution is -2.46. The van der Waals surface area contributed by atoms with Crippen molar-refractivity contribution in [1.29, 1.82) is 0 Å². The summed E-state index contributed by atoms with van der Waals surface area (Å²) in [6.45, 7) is 8.09. The number of sulfonamides is 1. The normalized spacial score (nSPS) is 18.3. The van der Waals surface area contributed by atoms with E-state index in [-0.39, 0.29) is 16.8 Å². The average molecular weight is 472 g/mol. The first-order valence-electron chi connectivity index (χ1n) is 11.8. The van der Waals surface area contributed by atoms with Crippen molar-refractivity contribution in [3.05, 3.63) is 53.6 Å². The van der Waals surface area contributed by atoms with Crippen molar-refractivity contribution < 1.29 is 17.9 Å². The number of rotatable bonds is 7. The molecule has 0 radical (unpaired) electrons. The Labute approximate surface area is 196 Å². The van der Waals surface area contributed by atoms with Gasteiger partial charge in [-0.2, -0.15) is 4.31 Å². The summed E-state index contributed by atoms with van der Waals surface area (Å²) >= 11 is 0. The topological polar surface area (TPSA) is 79.0 Å². The fourth-order valence-corrected chi connectivity index (χ4v) is 6.07. The van der Waals surface area contributed by atoms with Crippen molar-refractivity contribution in [2.45, 2.75) is 43.9 Å². The second-order valence-corrected chi connectivity index (χ2v) is 10.7. The molecule has 0 aliphatic carbocycles. The van der Waals surface area contributed by atoms with Gasteiger partial charge >= 0.3 is 5.97 Å². The third kappa shape index (κ3) is 5.23. The van der Waals surface area contributed by atoms with Crippen LogP contribution in [0.3, 0.4) is 0 Å². The minimum absolute atomic E-state index is 0.228. The molecule has 33 heavy (non-hydrogen) atoms. The van der Waals surface area contributed by atoms with Crippen LogP contribution in [0.15, 0.2) is 47.4 Å². The predicted octanol–water partition coefficient (Wildman–Crippen LogP) is 3.29. The molecule has 2 fully saturated rings. The van der Waals surface area contributed by atoms with Gasteiger partial charge in [0.15, 0.2) is 0 Å². The number of carbonyl (C=O) groups is 1. The third-order valence-corrected chi connectivity index (χ3v) is 8.42. The number of aryl methyl sites for hydroxylation is 1. The van der Waals surface area contributed by atoms with Gasteiger partial charge < -0.3 is 15.0 Å². The fraction of sp³-hybridized carbons (Fsp3) is 0.480. The highest BCUT2D eigenvalue weighted by Gasteiger charge is 2.27. The van der Waals surface area contributed by atoms with Crippen molar-refractivity contribution >= 4 is 21.7 Å². The summed E-state index contributed by atoms with van der Waals surface area (Å²) in [5, 5.41) is 3.16. The molecule has 2 aromatic carbocycles. The van der Waals surface area contributed by atoms with Crippen LogP contribution in [0.5, 0.6) is 5.75 Å². The molecule has 7 nitrogen and oxygen atoms in total. The van der Waals surface area contributed by atoms with Crippen LogP contribution in [-0.2, 0) is 14.8 Å². The van der Waals surface area contributed by atoms with E-state index in [9.17, 15) is 13.2 Å². The van der Waals surface area contributed by atoms with Gasteiger partial charge in [0.25, 0.3) is 0 Å². The van der Waals surface area contributed by atoms with Crippen molar-refractivity contribution in [2.24, 2.45) is 0 Å². The Balaban J connectivity index is 1.46. The molecule has 0 spiro atoms. The monoisotopic (exact) mass is 471 g/mol. The number of nitrogens with one attached hydrogen (secondary N) is 1. The summed E-state index contributed by atoms with van der Waals surface area (Å²) in [5.41, 5.74) is 2.75. The van der Waals surface area contributed by atoms with E-state index in [4.69, 9.17) is 4.74 Å². The molecule has 1 atom stereocenters. The zero-order valence-electron chi connectivity index (χ0n) is 19.4. The molecule has 2 aromatic rings. The van der Waals surface area contributed by atoms with Crippen LogP contribution < -0.4 is 15.0 Å². The van der Waals surface area contributed by atoms with Gasteiger partial charge in [0.2, 0.25) is 10.0 Å². The van der Waals surface area contributed by atoms with Crippen molar-refractivity contribution in [3.63, 3.8) is 0 Å². The molecule has 0 amide bonds. The Morgan fingerprint density at radius 1 is 1.03 bits per heavy atom. The van der Waals surface area contributed by atoms with E-state index in [1.54, 1.807) is 19.1 Å². The molecular weight excluding hydrogens is 438 g/mol. The SMILES string of the molecule is CCC(C(=O)Oc1ccc(S(=O)(=O)N2CCNCC2)cc1C)c1ccc(N2CCCC2)cc1. The highest BCUT2D eigenvalue weighted by atomic mass is 32.2. The summed E-state index contributed by atoms with van der Waals surface area (Å²) in [5.74, 6) is -0.306. The number of ether oxygens (including phenoxy) is 1. The predicted molar refractivity (Wildman–Crippen MR) is 129 cm³/mol. The Bertz CT molecular complexity index is 1070. The molecule has 2 aliphatic rings. The maximum atomic E-state index is 13.0. The number of hydrogen-bond donors (Lipinski definition) is 1. The van der Waals surface area contributed by atoms with Gasteiger partial charge in [0.05, 0.1) is 10.8 Å². The van der Waals surface area contributed by atoms with Crippen LogP contribution in [0.4, 0.5) is 5.69 Å². The summed E-state index contributed by atoms with van der Waals surface area (Å²) in [7, 11) is -3.56. The van der Waals surface area contributed by atoms with E-state index < -0.39 is 10.0 Å². The second kappa shape index (κ2) is 10.2. The van der Waals surface area contributed by atoms with E-state index in [0.29, 0.717) is 43.9 Å². The Hall–Kier alpha value is -2.42. The highest BCUT2D eigenvalue weighted by Crippen LogP contribution is 2.29. The van der Waals surface area contributed by atoms with Gasteiger partial charge in [-0.15, -0.1) is 0 Å². The van der Waals surface area contributed by atoms with Crippen LogP contribution >= 0.6 is 0 Å². The van der Waals surface area contributed by atoms with E-state index in [0.717, 1.165) is 18.7 Å². The largest absolute Gasteiger partial charge is 0.426 e. The summed E-state index contributed by atoms with van der Waals surface area (Å²) in [6, 6.07) is 12.9. The molecule has 2 saturated heterocycles. The van der Waals surface area contributed by atoms with Crippen LogP contribution in [0, 0.1) is 6.92 Å². The third-order valence-electron chi connectivity index (χ3n) is 6.53. The van der Waals surface area contributed by atoms with E-state index in [2.05, 4.69) is 22.3 Å². The molecule has 0 bridgehead atoms. The molecule has 0 aromatic heterocycles.